The lowest BCUT2D eigenvalue weighted by Gasteiger charge is -2.21. The van der Waals surface area contributed by atoms with Crippen LogP contribution in [0.2, 0.25) is 0 Å². The van der Waals surface area contributed by atoms with Gasteiger partial charge in [-0.2, -0.15) is 0 Å². The standard InChI is InChI=1S/C7H13NO/c1-6-3-4-7(2,5-9)8-6/h3-4,6,8-9H,5H2,1-2H3. The van der Waals surface area contributed by atoms with Crippen LogP contribution in [0.1, 0.15) is 13.8 Å². The van der Waals surface area contributed by atoms with Gasteiger partial charge >= 0.3 is 0 Å². The Labute approximate surface area is 55.6 Å². The number of aliphatic hydroxyl groups is 1. The highest BCUT2D eigenvalue weighted by Gasteiger charge is 2.25. The van der Waals surface area contributed by atoms with E-state index in [1.54, 1.807) is 0 Å². The van der Waals surface area contributed by atoms with E-state index in [2.05, 4.69) is 18.3 Å². The second-order valence-corrected chi connectivity index (χ2v) is 2.87. The normalized spacial score (nSPS) is 41.9. The van der Waals surface area contributed by atoms with Crippen LogP contribution >= 0.6 is 0 Å². The molecule has 1 rings (SSSR count). The van der Waals surface area contributed by atoms with Crippen molar-refractivity contribution in [3.8, 4) is 0 Å². The van der Waals surface area contributed by atoms with Crippen LogP contribution in [-0.2, 0) is 0 Å². The van der Waals surface area contributed by atoms with E-state index in [1.807, 2.05) is 13.0 Å². The highest BCUT2D eigenvalue weighted by atomic mass is 16.3. The van der Waals surface area contributed by atoms with Gasteiger partial charge in [-0.15, -0.1) is 0 Å². The topological polar surface area (TPSA) is 32.3 Å². The molecule has 1 aliphatic heterocycles. The Morgan fingerprint density at radius 1 is 1.78 bits per heavy atom. The summed E-state index contributed by atoms with van der Waals surface area (Å²) in [7, 11) is 0. The first-order valence-corrected chi connectivity index (χ1v) is 3.24. The van der Waals surface area contributed by atoms with E-state index in [9.17, 15) is 0 Å². The molecule has 2 unspecified atom stereocenters. The smallest absolute Gasteiger partial charge is 0.0646 e. The Kier molecular flexibility index (Phi) is 1.60. The quantitative estimate of drug-likeness (QED) is 0.496. The predicted molar refractivity (Wildman–Crippen MR) is 37.2 cm³/mol. The first kappa shape index (κ1) is 6.78. The van der Waals surface area contributed by atoms with Crippen LogP contribution in [-0.4, -0.2) is 23.3 Å². The minimum Gasteiger partial charge on any atom is -0.394 e. The zero-order valence-corrected chi connectivity index (χ0v) is 5.89. The summed E-state index contributed by atoms with van der Waals surface area (Å²) in [5, 5.41) is 12.0. The average Bonchev–Trinajstić information content (AvgIpc) is 2.13. The van der Waals surface area contributed by atoms with Gasteiger partial charge in [0.1, 0.15) is 0 Å². The van der Waals surface area contributed by atoms with E-state index in [-0.39, 0.29) is 12.1 Å². The third kappa shape index (κ3) is 1.32. The Morgan fingerprint density at radius 3 is 2.67 bits per heavy atom. The van der Waals surface area contributed by atoms with Gasteiger partial charge in [0.2, 0.25) is 0 Å². The Balaban J connectivity index is 2.57. The SMILES string of the molecule is CC1C=CC(C)(CO)N1. The van der Waals surface area contributed by atoms with Gasteiger partial charge in [-0.05, 0) is 13.8 Å². The minimum absolute atomic E-state index is 0.167. The average molecular weight is 127 g/mol. The summed E-state index contributed by atoms with van der Waals surface area (Å²) in [6.45, 7) is 4.22. The molecule has 0 saturated heterocycles. The van der Waals surface area contributed by atoms with Crippen molar-refractivity contribution in [2.75, 3.05) is 6.61 Å². The molecule has 0 aliphatic carbocycles. The summed E-state index contributed by atoms with van der Waals surface area (Å²) in [5.74, 6) is 0. The molecule has 0 fully saturated rings. The third-order valence-electron chi connectivity index (χ3n) is 1.64. The molecule has 0 radical (unpaired) electrons. The summed E-state index contributed by atoms with van der Waals surface area (Å²) in [5.41, 5.74) is -0.167. The molecule has 0 spiro atoms. The van der Waals surface area contributed by atoms with Crippen LogP contribution in [0.4, 0.5) is 0 Å². The fourth-order valence-electron chi connectivity index (χ4n) is 1.07. The van der Waals surface area contributed by atoms with Crippen molar-refractivity contribution >= 4 is 0 Å². The second-order valence-electron chi connectivity index (χ2n) is 2.87. The van der Waals surface area contributed by atoms with Crippen molar-refractivity contribution in [1.82, 2.24) is 5.32 Å². The molecule has 0 aromatic carbocycles. The van der Waals surface area contributed by atoms with Crippen molar-refractivity contribution < 1.29 is 5.11 Å². The largest absolute Gasteiger partial charge is 0.394 e. The van der Waals surface area contributed by atoms with Gasteiger partial charge in [0.15, 0.2) is 0 Å². The molecule has 0 aromatic heterocycles. The van der Waals surface area contributed by atoms with Crippen LogP contribution in [0.3, 0.4) is 0 Å². The maximum absolute atomic E-state index is 8.83. The lowest BCUT2D eigenvalue weighted by atomic mass is 10.1. The van der Waals surface area contributed by atoms with Crippen molar-refractivity contribution in [1.29, 1.82) is 0 Å². The van der Waals surface area contributed by atoms with E-state index >= 15 is 0 Å². The molecule has 1 heterocycles. The van der Waals surface area contributed by atoms with Gasteiger partial charge < -0.3 is 10.4 Å². The second kappa shape index (κ2) is 2.12. The van der Waals surface area contributed by atoms with E-state index in [4.69, 9.17) is 5.11 Å². The molecular weight excluding hydrogens is 114 g/mol. The first-order chi connectivity index (χ1) is 4.16. The van der Waals surface area contributed by atoms with Gasteiger partial charge in [0, 0.05) is 6.04 Å². The molecule has 2 heteroatoms. The molecule has 0 aromatic rings. The number of hydrogen-bond donors (Lipinski definition) is 2. The molecule has 2 atom stereocenters. The zero-order chi connectivity index (χ0) is 6.91. The molecular formula is C7H13NO. The lowest BCUT2D eigenvalue weighted by molar-refractivity contribution is 0.212. The molecule has 2 nitrogen and oxygen atoms in total. The van der Waals surface area contributed by atoms with E-state index < -0.39 is 0 Å². The van der Waals surface area contributed by atoms with Crippen molar-refractivity contribution in [3.63, 3.8) is 0 Å². The van der Waals surface area contributed by atoms with E-state index in [0.29, 0.717) is 6.04 Å². The number of rotatable bonds is 1. The highest BCUT2D eigenvalue weighted by molar-refractivity contribution is 5.14. The predicted octanol–water partition coefficient (Wildman–Crippen LogP) is 0.285. The molecule has 0 amide bonds. The first-order valence-electron chi connectivity index (χ1n) is 3.24. The molecule has 0 bridgehead atoms. The maximum atomic E-state index is 8.83. The summed E-state index contributed by atoms with van der Waals surface area (Å²) in [6, 6.07) is 0.405. The Bertz CT molecular complexity index is 133. The number of nitrogens with one attached hydrogen (secondary N) is 1. The summed E-state index contributed by atoms with van der Waals surface area (Å²) >= 11 is 0. The number of aliphatic hydroxyl groups excluding tert-OH is 1. The fraction of sp³-hybridized carbons (Fsp3) is 0.714. The monoisotopic (exact) mass is 127 g/mol. The van der Waals surface area contributed by atoms with E-state index in [0.717, 1.165) is 0 Å². The third-order valence-corrected chi connectivity index (χ3v) is 1.64. The molecule has 0 saturated carbocycles. The summed E-state index contributed by atoms with van der Waals surface area (Å²) in [6.07, 6.45) is 4.08. The lowest BCUT2D eigenvalue weighted by Crippen LogP contribution is -2.43. The van der Waals surface area contributed by atoms with Crippen molar-refractivity contribution in [3.05, 3.63) is 12.2 Å². The van der Waals surface area contributed by atoms with E-state index in [1.165, 1.54) is 0 Å². The molecule has 52 valence electrons. The number of hydrogen-bond acceptors (Lipinski definition) is 2. The van der Waals surface area contributed by atoms with Crippen LogP contribution < -0.4 is 5.32 Å². The molecule has 1 aliphatic rings. The van der Waals surface area contributed by atoms with Gasteiger partial charge in [0.25, 0.3) is 0 Å². The van der Waals surface area contributed by atoms with Gasteiger partial charge in [-0.25, -0.2) is 0 Å². The van der Waals surface area contributed by atoms with Crippen LogP contribution in [0.5, 0.6) is 0 Å². The van der Waals surface area contributed by atoms with Gasteiger partial charge in [0.05, 0.1) is 12.1 Å². The van der Waals surface area contributed by atoms with Gasteiger partial charge in [-0.1, -0.05) is 12.2 Å². The minimum atomic E-state index is -0.167. The van der Waals surface area contributed by atoms with Gasteiger partial charge in [-0.3, -0.25) is 0 Å². The van der Waals surface area contributed by atoms with Crippen LogP contribution in [0, 0.1) is 0 Å². The van der Waals surface area contributed by atoms with Crippen molar-refractivity contribution in [2.24, 2.45) is 0 Å². The molecule has 2 N–H and O–H groups in total. The van der Waals surface area contributed by atoms with Crippen LogP contribution in [0.25, 0.3) is 0 Å². The molecule has 9 heavy (non-hydrogen) atoms. The van der Waals surface area contributed by atoms with Crippen molar-refractivity contribution in [2.45, 2.75) is 25.4 Å². The Morgan fingerprint density at radius 2 is 2.44 bits per heavy atom. The highest BCUT2D eigenvalue weighted by Crippen LogP contribution is 2.13. The van der Waals surface area contributed by atoms with Crippen LogP contribution in [0.15, 0.2) is 12.2 Å². The maximum Gasteiger partial charge on any atom is 0.0646 e. The fourth-order valence-corrected chi connectivity index (χ4v) is 1.07. The Hall–Kier alpha value is -0.340. The summed E-state index contributed by atoms with van der Waals surface area (Å²) < 4.78 is 0. The summed E-state index contributed by atoms with van der Waals surface area (Å²) in [4.78, 5) is 0. The zero-order valence-electron chi connectivity index (χ0n) is 5.89.